The van der Waals surface area contributed by atoms with E-state index >= 15 is 0 Å². The fourth-order valence-corrected chi connectivity index (χ4v) is 6.37. The molecular formula is C35H32N2O4S. The molecule has 212 valence electrons. The number of aryl methyl sites for hydroxylation is 4. The Hall–Kier alpha value is -4.46. The molecule has 42 heavy (non-hydrogen) atoms. The number of hydrogen-bond acceptors (Lipinski definition) is 5. The van der Waals surface area contributed by atoms with E-state index in [2.05, 4.69) is 37.4 Å². The maximum atomic E-state index is 12.0. The number of ether oxygens (including phenoxy) is 1. The Morgan fingerprint density at radius 2 is 1.50 bits per heavy atom. The van der Waals surface area contributed by atoms with Gasteiger partial charge in [-0.1, -0.05) is 60.7 Å². The first-order valence-electron chi connectivity index (χ1n) is 13.9. The van der Waals surface area contributed by atoms with Crippen LogP contribution in [0.4, 0.5) is 17.1 Å². The molecule has 4 aromatic rings. The molecule has 2 aliphatic rings. The SMILES string of the molecule is Cc1cccc(C)c1N=C1C=CC2C(=C1)Oc1cc(Nc3c(C)cccc3C)ccc1C2c1cccc(S(=O)(=O)O)c1. The molecule has 0 spiro atoms. The molecule has 0 saturated carbocycles. The van der Waals surface area contributed by atoms with Crippen molar-refractivity contribution in [3.8, 4) is 5.75 Å². The fraction of sp³-hybridized carbons (Fsp3) is 0.171. The van der Waals surface area contributed by atoms with Gasteiger partial charge in [0.05, 0.1) is 16.3 Å². The van der Waals surface area contributed by atoms with Crippen molar-refractivity contribution in [2.24, 2.45) is 10.9 Å². The number of para-hydroxylation sites is 2. The third-order valence-corrected chi connectivity index (χ3v) is 8.82. The summed E-state index contributed by atoms with van der Waals surface area (Å²) in [5.74, 6) is 0.969. The van der Waals surface area contributed by atoms with Crippen LogP contribution in [0.5, 0.6) is 5.75 Å². The summed E-state index contributed by atoms with van der Waals surface area (Å²) in [6, 6.07) is 24.8. The molecule has 4 aromatic carbocycles. The molecule has 6 rings (SSSR count). The highest BCUT2D eigenvalue weighted by atomic mass is 32.2. The van der Waals surface area contributed by atoms with Gasteiger partial charge < -0.3 is 10.1 Å². The Morgan fingerprint density at radius 3 is 2.19 bits per heavy atom. The number of anilines is 2. The maximum absolute atomic E-state index is 12.0. The van der Waals surface area contributed by atoms with Crippen LogP contribution in [0.2, 0.25) is 0 Å². The van der Waals surface area contributed by atoms with Crippen LogP contribution in [0.15, 0.2) is 113 Å². The van der Waals surface area contributed by atoms with Crippen LogP contribution < -0.4 is 10.1 Å². The monoisotopic (exact) mass is 576 g/mol. The van der Waals surface area contributed by atoms with E-state index in [0.29, 0.717) is 5.75 Å². The van der Waals surface area contributed by atoms with Crippen molar-refractivity contribution in [3.63, 3.8) is 0 Å². The molecule has 0 aromatic heterocycles. The Labute approximate surface area is 246 Å². The van der Waals surface area contributed by atoms with Crippen molar-refractivity contribution in [1.82, 2.24) is 0 Å². The van der Waals surface area contributed by atoms with E-state index in [0.717, 1.165) is 61.9 Å². The molecule has 0 fully saturated rings. The van der Waals surface area contributed by atoms with E-state index < -0.39 is 10.1 Å². The van der Waals surface area contributed by atoms with Crippen LogP contribution in [0.3, 0.4) is 0 Å². The summed E-state index contributed by atoms with van der Waals surface area (Å²) in [5, 5.41) is 3.55. The normalized spacial score (nSPS) is 18.6. The zero-order valence-corrected chi connectivity index (χ0v) is 24.7. The number of fused-ring (bicyclic) bond motifs is 2. The number of hydrogen-bond donors (Lipinski definition) is 2. The summed E-state index contributed by atoms with van der Waals surface area (Å²) in [5.41, 5.74) is 9.79. The molecule has 1 heterocycles. The van der Waals surface area contributed by atoms with Gasteiger partial charge in [-0.25, -0.2) is 4.99 Å². The predicted molar refractivity (Wildman–Crippen MR) is 168 cm³/mol. The molecule has 1 aliphatic heterocycles. The second-order valence-corrected chi connectivity index (χ2v) is 12.4. The minimum atomic E-state index is -4.36. The van der Waals surface area contributed by atoms with Crippen molar-refractivity contribution in [3.05, 3.63) is 136 Å². The molecule has 1 aliphatic carbocycles. The first-order chi connectivity index (χ1) is 20.1. The molecule has 2 N–H and O–H groups in total. The van der Waals surface area contributed by atoms with Gasteiger partial charge in [0, 0.05) is 40.9 Å². The summed E-state index contributed by atoms with van der Waals surface area (Å²) < 4.78 is 40.4. The number of benzene rings is 4. The lowest BCUT2D eigenvalue weighted by atomic mass is 9.76. The standard InChI is InChI=1S/C35H32N2O4S/c1-21-8-5-9-22(2)34(21)36-26-14-16-29-31(19-26)41-32-20-27(37-35-23(3)10-6-11-24(35)4)15-17-30(32)33(29)25-12-7-13-28(18-25)42(38,39)40/h5-20,29,33,37H,1-4H3,(H,38,39,40). The minimum absolute atomic E-state index is 0.135. The lowest BCUT2D eigenvalue weighted by Gasteiger charge is -2.36. The molecule has 6 nitrogen and oxygen atoms in total. The molecule has 0 saturated heterocycles. The lowest BCUT2D eigenvalue weighted by molar-refractivity contribution is 0.324. The third kappa shape index (κ3) is 5.29. The predicted octanol–water partition coefficient (Wildman–Crippen LogP) is 8.28. The van der Waals surface area contributed by atoms with E-state index in [1.54, 1.807) is 12.1 Å². The Balaban J connectivity index is 1.47. The second kappa shape index (κ2) is 10.7. The van der Waals surface area contributed by atoms with Gasteiger partial charge in [0.25, 0.3) is 10.1 Å². The number of nitrogens with one attached hydrogen (secondary N) is 1. The average Bonchev–Trinajstić information content (AvgIpc) is 2.95. The van der Waals surface area contributed by atoms with E-state index in [4.69, 9.17) is 9.73 Å². The van der Waals surface area contributed by atoms with Gasteiger partial charge in [-0.2, -0.15) is 8.42 Å². The van der Waals surface area contributed by atoms with Crippen molar-refractivity contribution in [1.29, 1.82) is 0 Å². The van der Waals surface area contributed by atoms with Crippen molar-refractivity contribution >= 4 is 32.9 Å². The fourth-order valence-electron chi connectivity index (χ4n) is 5.83. The maximum Gasteiger partial charge on any atom is 0.294 e. The summed E-state index contributed by atoms with van der Waals surface area (Å²) >= 11 is 0. The smallest absolute Gasteiger partial charge is 0.294 e. The topological polar surface area (TPSA) is 88.0 Å². The molecule has 7 heteroatoms. The van der Waals surface area contributed by atoms with Gasteiger partial charge >= 0.3 is 0 Å². The lowest BCUT2D eigenvalue weighted by Crippen LogP contribution is -2.26. The molecule has 0 amide bonds. The summed E-state index contributed by atoms with van der Waals surface area (Å²) in [4.78, 5) is 4.81. The van der Waals surface area contributed by atoms with Crippen LogP contribution in [-0.2, 0) is 10.1 Å². The van der Waals surface area contributed by atoms with E-state index in [1.807, 2.05) is 74.5 Å². The van der Waals surface area contributed by atoms with Gasteiger partial charge in [0.15, 0.2) is 0 Å². The molecule has 2 unspecified atom stereocenters. The highest BCUT2D eigenvalue weighted by Crippen LogP contribution is 2.48. The Bertz CT molecular complexity index is 1880. The van der Waals surface area contributed by atoms with Crippen molar-refractivity contribution < 1.29 is 17.7 Å². The first kappa shape index (κ1) is 27.7. The zero-order valence-electron chi connectivity index (χ0n) is 23.9. The van der Waals surface area contributed by atoms with Gasteiger partial charge in [-0.05, 0) is 79.8 Å². The number of aliphatic imine (C=N–C) groups is 1. The van der Waals surface area contributed by atoms with E-state index in [9.17, 15) is 13.0 Å². The van der Waals surface area contributed by atoms with Crippen LogP contribution in [-0.4, -0.2) is 18.7 Å². The van der Waals surface area contributed by atoms with Crippen molar-refractivity contribution in [2.45, 2.75) is 38.5 Å². The first-order valence-corrected chi connectivity index (χ1v) is 15.3. The third-order valence-electron chi connectivity index (χ3n) is 7.97. The molecular weight excluding hydrogens is 544 g/mol. The highest BCUT2D eigenvalue weighted by Gasteiger charge is 2.36. The largest absolute Gasteiger partial charge is 0.461 e. The zero-order chi connectivity index (χ0) is 29.6. The Kier molecular flexibility index (Phi) is 7.09. The number of nitrogens with zero attached hydrogens (tertiary/aromatic N) is 1. The Morgan fingerprint density at radius 1 is 0.833 bits per heavy atom. The summed E-state index contributed by atoms with van der Waals surface area (Å²) in [7, 11) is -4.36. The molecule has 2 atom stereocenters. The highest BCUT2D eigenvalue weighted by molar-refractivity contribution is 7.85. The van der Waals surface area contributed by atoms with E-state index in [1.165, 1.54) is 6.07 Å². The number of allylic oxidation sites excluding steroid dienone is 3. The molecule has 0 bridgehead atoms. The van der Waals surface area contributed by atoms with Crippen LogP contribution >= 0.6 is 0 Å². The van der Waals surface area contributed by atoms with Gasteiger partial charge in [-0.15, -0.1) is 0 Å². The molecule has 0 radical (unpaired) electrons. The summed E-state index contributed by atoms with van der Waals surface area (Å²) in [6.07, 6.45) is 6.02. The summed E-state index contributed by atoms with van der Waals surface area (Å²) in [6.45, 7) is 8.24. The second-order valence-electron chi connectivity index (χ2n) is 11.0. The average molecular weight is 577 g/mol. The van der Waals surface area contributed by atoms with Gasteiger partial charge in [0.1, 0.15) is 11.5 Å². The number of rotatable bonds is 5. The quantitative estimate of drug-likeness (QED) is 0.234. The van der Waals surface area contributed by atoms with Crippen LogP contribution in [0, 0.1) is 33.6 Å². The van der Waals surface area contributed by atoms with Crippen LogP contribution in [0.1, 0.15) is 39.3 Å². The van der Waals surface area contributed by atoms with Crippen LogP contribution in [0.25, 0.3) is 0 Å². The van der Waals surface area contributed by atoms with E-state index in [-0.39, 0.29) is 16.7 Å². The van der Waals surface area contributed by atoms with Gasteiger partial charge in [-0.3, -0.25) is 4.55 Å². The van der Waals surface area contributed by atoms with Crippen molar-refractivity contribution in [2.75, 3.05) is 5.32 Å². The van der Waals surface area contributed by atoms with Gasteiger partial charge in [0.2, 0.25) is 0 Å². The minimum Gasteiger partial charge on any atom is -0.461 e.